The van der Waals surface area contributed by atoms with Crippen LogP contribution in [0.4, 0.5) is 5.69 Å². The van der Waals surface area contributed by atoms with E-state index in [2.05, 4.69) is 0 Å². The van der Waals surface area contributed by atoms with Crippen molar-refractivity contribution >= 4 is 23.1 Å². The summed E-state index contributed by atoms with van der Waals surface area (Å²) in [6.45, 7) is 6.43. The van der Waals surface area contributed by atoms with Crippen molar-refractivity contribution < 1.29 is 33.6 Å². The van der Waals surface area contributed by atoms with Crippen LogP contribution in [0, 0.1) is 0 Å². The maximum Gasteiger partial charge on any atom is 0.300 e. The first-order valence-corrected chi connectivity index (χ1v) is 12.5. The van der Waals surface area contributed by atoms with Crippen molar-refractivity contribution in [2.24, 2.45) is 0 Å². The minimum atomic E-state index is -0.902. The fourth-order valence-electron chi connectivity index (χ4n) is 4.88. The van der Waals surface area contributed by atoms with Gasteiger partial charge in [0.05, 0.1) is 25.3 Å². The van der Waals surface area contributed by atoms with E-state index in [4.69, 9.17) is 18.9 Å². The minimum absolute atomic E-state index is 0.0128. The molecule has 5 rings (SSSR count). The molecule has 3 aromatic carbocycles. The van der Waals surface area contributed by atoms with Crippen molar-refractivity contribution in [2.75, 3.05) is 25.4 Å². The maximum absolute atomic E-state index is 13.6. The molecule has 38 heavy (non-hydrogen) atoms. The fraction of sp³-hybridized carbons (Fsp3) is 0.267. The summed E-state index contributed by atoms with van der Waals surface area (Å²) in [5.41, 5.74) is 2.34. The number of methoxy groups -OCH3 is 1. The zero-order valence-corrected chi connectivity index (χ0v) is 21.7. The van der Waals surface area contributed by atoms with Gasteiger partial charge in [-0.2, -0.15) is 0 Å². The van der Waals surface area contributed by atoms with Crippen LogP contribution < -0.4 is 23.8 Å². The number of Topliss-reactive ketones (excluding diaryl/α,β-unsaturated/α-hetero) is 1. The second-order valence-corrected chi connectivity index (χ2v) is 9.32. The molecule has 3 aromatic rings. The molecule has 0 bridgehead atoms. The molecule has 1 saturated heterocycles. The van der Waals surface area contributed by atoms with Gasteiger partial charge in [0, 0.05) is 17.3 Å². The highest BCUT2D eigenvalue weighted by molar-refractivity contribution is 6.51. The first-order valence-electron chi connectivity index (χ1n) is 12.5. The molecule has 1 unspecified atom stereocenters. The third-order valence-electron chi connectivity index (χ3n) is 6.69. The Hall–Kier alpha value is -4.46. The second kappa shape index (κ2) is 10.1. The van der Waals surface area contributed by atoms with Crippen LogP contribution in [0.15, 0.2) is 66.2 Å². The molecule has 0 radical (unpaired) electrons. The van der Waals surface area contributed by atoms with Gasteiger partial charge in [0.2, 0.25) is 6.79 Å². The molecule has 196 valence electrons. The number of ketones is 1. The molecule has 1 fully saturated rings. The molecule has 0 aromatic heterocycles. The van der Waals surface area contributed by atoms with Crippen LogP contribution in [0.3, 0.4) is 0 Å². The summed E-state index contributed by atoms with van der Waals surface area (Å²) in [5.74, 6) is 0.604. The number of carbonyl (C=O) groups is 2. The molecule has 8 nitrogen and oxygen atoms in total. The Bertz CT molecular complexity index is 1440. The van der Waals surface area contributed by atoms with E-state index in [-0.39, 0.29) is 24.0 Å². The lowest BCUT2D eigenvalue weighted by atomic mass is 9.93. The molecule has 1 amide bonds. The highest BCUT2D eigenvalue weighted by Gasteiger charge is 2.47. The van der Waals surface area contributed by atoms with E-state index in [0.717, 1.165) is 5.56 Å². The number of hydrogen-bond acceptors (Lipinski definition) is 7. The SMILES string of the molecule is CCOc1cccc(C2/C(=C(\O)c3ccc(OC)c(C(C)C)c3)C(=O)C(=O)N2c2ccc3c(c2)OCO3)c1. The molecule has 0 spiro atoms. The summed E-state index contributed by atoms with van der Waals surface area (Å²) >= 11 is 0. The number of amides is 1. The van der Waals surface area contributed by atoms with Crippen molar-refractivity contribution in [3.05, 3.63) is 82.9 Å². The minimum Gasteiger partial charge on any atom is -0.507 e. The zero-order valence-electron chi connectivity index (χ0n) is 21.7. The molecular weight excluding hydrogens is 486 g/mol. The molecule has 1 N–H and O–H groups in total. The predicted octanol–water partition coefficient (Wildman–Crippen LogP) is 5.57. The molecule has 8 heteroatoms. The number of nitrogens with zero attached hydrogens (tertiary/aromatic N) is 1. The van der Waals surface area contributed by atoms with Gasteiger partial charge < -0.3 is 24.1 Å². The van der Waals surface area contributed by atoms with Crippen LogP contribution in [-0.2, 0) is 9.59 Å². The Balaban J connectivity index is 1.71. The van der Waals surface area contributed by atoms with Crippen LogP contribution in [-0.4, -0.2) is 37.3 Å². The van der Waals surface area contributed by atoms with Crippen LogP contribution in [0.1, 0.15) is 49.4 Å². The number of hydrogen-bond donors (Lipinski definition) is 1. The number of fused-ring (bicyclic) bond motifs is 1. The Labute approximate surface area is 221 Å². The highest BCUT2D eigenvalue weighted by Crippen LogP contribution is 2.45. The normalized spacial score (nSPS) is 17.8. The second-order valence-electron chi connectivity index (χ2n) is 9.32. The zero-order chi connectivity index (χ0) is 27.0. The van der Waals surface area contributed by atoms with Crippen LogP contribution in [0.25, 0.3) is 5.76 Å². The van der Waals surface area contributed by atoms with E-state index >= 15 is 0 Å². The van der Waals surface area contributed by atoms with Gasteiger partial charge in [-0.25, -0.2) is 0 Å². The third kappa shape index (κ3) is 4.32. The lowest BCUT2D eigenvalue weighted by Gasteiger charge is -2.26. The Morgan fingerprint density at radius 2 is 1.84 bits per heavy atom. The number of rotatable bonds is 7. The highest BCUT2D eigenvalue weighted by atomic mass is 16.7. The Kier molecular flexibility index (Phi) is 6.72. The first-order chi connectivity index (χ1) is 18.3. The van der Waals surface area contributed by atoms with E-state index in [1.165, 1.54) is 4.90 Å². The van der Waals surface area contributed by atoms with Gasteiger partial charge in [-0.15, -0.1) is 0 Å². The number of ether oxygens (including phenoxy) is 4. The van der Waals surface area contributed by atoms with Gasteiger partial charge in [0.1, 0.15) is 17.3 Å². The summed E-state index contributed by atoms with van der Waals surface area (Å²) in [6.07, 6.45) is 0. The van der Waals surface area contributed by atoms with Crippen molar-refractivity contribution in [3.63, 3.8) is 0 Å². The molecule has 2 heterocycles. The van der Waals surface area contributed by atoms with E-state index < -0.39 is 17.7 Å². The largest absolute Gasteiger partial charge is 0.507 e. The van der Waals surface area contributed by atoms with E-state index in [9.17, 15) is 14.7 Å². The molecule has 2 aliphatic rings. The van der Waals surface area contributed by atoms with Gasteiger partial charge in [-0.1, -0.05) is 26.0 Å². The van der Waals surface area contributed by atoms with Crippen molar-refractivity contribution in [2.45, 2.75) is 32.7 Å². The molecule has 1 atom stereocenters. The van der Waals surface area contributed by atoms with Gasteiger partial charge in [-0.05, 0) is 66.4 Å². The standard InChI is InChI=1S/C30H29NO7/c1-5-36-21-8-6-7-18(13-21)27-26(28(32)19-9-11-23(35-4)22(14-19)17(2)3)29(33)30(34)31(27)20-10-12-24-25(15-20)38-16-37-24/h6-15,17,27,32H,5,16H2,1-4H3/b28-26+. The van der Waals surface area contributed by atoms with Gasteiger partial charge in [-0.3, -0.25) is 14.5 Å². The number of carbonyl (C=O) groups excluding carboxylic acids is 2. The fourth-order valence-corrected chi connectivity index (χ4v) is 4.88. The smallest absolute Gasteiger partial charge is 0.300 e. The van der Waals surface area contributed by atoms with Crippen molar-refractivity contribution in [1.29, 1.82) is 0 Å². The summed E-state index contributed by atoms with van der Waals surface area (Å²) in [4.78, 5) is 28.5. The number of aliphatic hydroxyl groups is 1. The van der Waals surface area contributed by atoms with E-state index in [1.807, 2.05) is 20.8 Å². The first kappa shape index (κ1) is 25.2. The van der Waals surface area contributed by atoms with Gasteiger partial charge >= 0.3 is 0 Å². The summed E-state index contributed by atoms with van der Waals surface area (Å²) in [6, 6.07) is 16.6. The lowest BCUT2D eigenvalue weighted by Crippen LogP contribution is -2.29. The van der Waals surface area contributed by atoms with Crippen molar-refractivity contribution in [1.82, 2.24) is 0 Å². The number of aliphatic hydroxyl groups excluding tert-OH is 1. The van der Waals surface area contributed by atoms with Gasteiger partial charge in [0.25, 0.3) is 11.7 Å². The summed E-state index contributed by atoms with van der Waals surface area (Å²) < 4.78 is 22.1. The third-order valence-corrected chi connectivity index (χ3v) is 6.69. The molecule has 0 saturated carbocycles. The Morgan fingerprint density at radius 3 is 2.58 bits per heavy atom. The maximum atomic E-state index is 13.6. The average Bonchev–Trinajstić information content (AvgIpc) is 3.50. The van der Waals surface area contributed by atoms with Crippen LogP contribution in [0.5, 0.6) is 23.0 Å². The van der Waals surface area contributed by atoms with Gasteiger partial charge in [0.15, 0.2) is 11.5 Å². The molecule has 0 aliphatic carbocycles. The topological polar surface area (TPSA) is 94.5 Å². The molecule has 2 aliphatic heterocycles. The summed E-state index contributed by atoms with van der Waals surface area (Å²) in [7, 11) is 1.59. The number of anilines is 1. The molecular formula is C30H29NO7. The number of benzene rings is 3. The predicted molar refractivity (Wildman–Crippen MR) is 142 cm³/mol. The van der Waals surface area contributed by atoms with Crippen molar-refractivity contribution in [3.8, 4) is 23.0 Å². The Morgan fingerprint density at radius 1 is 1.05 bits per heavy atom. The van der Waals surface area contributed by atoms with E-state index in [1.54, 1.807) is 67.8 Å². The quantitative estimate of drug-likeness (QED) is 0.250. The summed E-state index contributed by atoms with van der Waals surface area (Å²) in [5, 5.41) is 11.6. The van der Waals surface area contributed by atoms with Crippen LogP contribution >= 0.6 is 0 Å². The average molecular weight is 516 g/mol. The monoisotopic (exact) mass is 515 g/mol. The lowest BCUT2D eigenvalue weighted by molar-refractivity contribution is -0.132. The van der Waals surface area contributed by atoms with Crippen LogP contribution in [0.2, 0.25) is 0 Å². The van der Waals surface area contributed by atoms with E-state index in [0.29, 0.717) is 46.4 Å².